The molecule has 30 heavy (non-hydrogen) atoms. The molecule has 8 nitrogen and oxygen atoms in total. The summed E-state index contributed by atoms with van der Waals surface area (Å²) in [4.78, 5) is 8.11. The lowest BCUT2D eigenvalue weighted by atomic mass is 10.2. The summed E-state index contributed by atoms with van der Waals surface area (Å²) >= 11 is 0. The number of nitrogens with one attached hydrogen (secondary N) is 3. The van der Waals surface area contributed by atoms with E-state index in [9.17, 15) is 12.8 Å². The van der Waals surface area contributed by atoms with E-state index in [1.165, 1.54) is 0 Å². The van der Waals surface area contributed by atoms with E-state index >= 15 is 0 Å². The Balaban J connectivity index is 1.82. The van der Waals surface area contributed by atoms with E-state index < -0.39 is 15.8 Å². The molecule has 0 unspecified atom stereocenters. The molecule has 0 aliphatic carbocycles. The van der Waals surface area contributed by atoms with Gasteiger partial charge in [-0.2, -0.15) is 4.98 Å². The summed E-state index contributed by atoms with van der Waals surface area (Å²) in [6.07, 6.45) is 1.51. The highest BCUT2D eigenvalue weighted by molar-refractivity contribution is 7.92. The monoisotopic (exact) mass is 431 g/mol. The van der Waals surface area contributed by atoms with Gasteiger partial charge in [-0.3, -0.25) is 4.72 Å². The Morgan fingerprint density at radius 2 is 1.73 bits per heavy atom. The fourth-order valence-corrected chi connectivity index (χ4v) is 3.77. The summed E-state index contributed by atoms with van der Waals surface area (Å²) in [5.74, 6) is 0.0851. The molecule has 10 heteroatoms. The molecule has 0 bridgehead atoms. The second-order valence-electron chi connectivity index (χ2n) is 6.34. The van der Waals surface area contributed by atoms with Crippen LogP contribution in [0.1, 0.15) is 13.3 Å². The molecular weight excluding hydrogens is 409 g/mol. The number of rotatable bonds is 9. The first kappa shape index (κ1) is 21.3. The van der Waals surface area contributed by atoms with E-state index in [-0.39, 0.29) is 17.5 Å². The second kappa shape index (κ2) is 9.40. The van der Waals surface area contributed by atoms with Crippen LogP contribution < -0.4 is 20.1 Å². The van der Waals surface area contributed by atoms with Gasteiger partial charge in [-0.05, 0) is 42.8 Å². The molecule has 158 valence electrons. The highest BCUT2D eigenvalue weighted by atomic mass is 32.2. The van der Waals surface area contributed by atoms with Crippen molar-refractivity contribution < 1.29 is 17.5 Å². The van der Waals surface area contributed by atoms with Gasteiger partial charge in [0.1, 0.15) is 5.75 Å². The maximum absolute atomic E-state index is 14.3. The third kappa shape index (κ3) is 5.57. The Bertz CT molecular complexity index is 1110. The molecule has 0 aliphatic rings. The first-order valence-electron chi connectivity index (χ1n) is 9.20. The maximum atomic E-state index is 14.3. The van der Waals surface area contributed by atoms with Gasteiger partial charge in [0.25, 0.3) is 0 Å². The molecule has 0 aliphatic heterocycles. The average Bonchev–Trinajstić information content (AvgIpc) is 2.72. The van der Waals surface area contributed by atoms with Crippen molar-refractivity contribution in [1.82, 2.24) is 9.97 Å². The molecule has 3 rings (SSSR count). The zero-order valence-electron chi connectivity index (χ0n) is 16.5. The minimum Gasteiger partial charge on any atom is -0.497 e. The van der Waals surface area contributed by atoms with Crippen LogP contribution in [0, 0.1) is 5.82 Å². The lowest BCUT2D eigenvalue weighted by Gasteiger charge is -2.14. The normalized spacial score (nSPS) is 11.0. The number of benzene rings is 2. The van der Waals surface area contributed by atoms with Crippen LogP contribution in [0.4, 0.5) is 33.2 Å². The van der Waals surface area contributed by atoms with Gasteiger partial charge in [-0.15, -0.1) is 0 Å². The van der Waals surface area contributed by atoms with E-state index in [4.69, 9.17) is 4.74 Å². The number of ether oxygens (including phenoxy) is 1. The van der Waals surface area contributed by atoms with Gasteiger partial charge < -0.3 is 15.4 Å². The molecule has 3 N–H and O–H groups in total. The number of sulfonamides is 1. The summed E-state index contributed by atoms with van der Waals surface area (Å²) in [6.45, 7) is 1.77. The summed E-state index contributed by atoms with van der Waals surface area (Å²) in [6, 6.07) is 13.7. The number of nitrogens with zero attached hydrogens (tertiary/aromatic N) is 2. The molecule has 0 fully saturated rings. The number of hydrogen-bond donors (Lipinski definition) is 3. The molecule has 0 saturated heterocycles. The summed E-state index contributed by atoms with van der Waals surface area (Å²) in [7, 11) is -1.93. The topological polar surface area (TPSA) is 105 Å². The van der Waals surface area contributed by atoms with Crippen molar-refractivity contribution in [3.05, 3.63) is 60.5 Å². The Kier molecular flexibility index (Phi) is 6.68. The molecular formula is C20H22FN5O3S. The molecule has 3 aromatic rings. The molecule has 1 aromatic heterocycles. The van der Waals surface area contributed by atoms with E-state index in [1.807, 2.05) is 0 Å². The van der Waals surface area contributed by atoms with Crippen molar-refractivity contribution in [2.24, 2.45) is 0 Å². The molecule has 1 heterocycles. The molecule has 0 amide bonds. The highest BCUT2D eigenvalue weighted by Crippen LogP contribution is 2.27. The van der Waals surface area contributed by atoms with Crippen LogP contribution in [0.15, 0.2) is 54.7 Å². The summed E-state index contributed by atoms with van der Waals surface area (Å²) in [5, 5.41) is 5.82. The van der Waals surface area contributed by atoms with Crippen molar-refractivity contribution in [2.45, 2.75) is 13.3 Å². The fourth-order valence-electron chi connectivity index (χ4n) is 2.61. The second-order valence-corrected chi connectivity index (χ2v) is 8.18. The Labute approximate surface area is 174 Å². The standard InChI is InChI=1S/C20H22FN5O3S/c1-3-12-30(27,28)26-18-7-5-4-6-17(18)24-19-16(21)13-22-20(25-19)23-14-8-10-15(29-2)11-9-14/h4-11,13,26H,3,12H2,1-2H3,(H2,22,23,24,25). The lowest BCUT2D eigenvalue weighted by molar-refractivity contribution is 0.415. The molecule has 0 radical (unpaired) electrons. The van der Waals surface area contributed by atoms with Crippen LogP contribution >= 0.6 is 0 Å². The zero-order chi connectivity index (χ0) is 21.6. The van der Waals surface area contributed by atoms with Crippen molar-refractivity contribution in [3.8, 4) is 5.75 Å². The number of halogens is 1. The van der Waals surface area contributed by atoms with E-state index in [0.29, 0.717) is 29.2 Å². The average molecular weight is 431 g/mol. The number of aromatic nitrogens is 2. The smallest absolute Gasteiger partial charge is 0.232 e. The highest BCUT2D eigenvalue weighted by Gasteiger charge is 2.14. The summed E-state index contributed by atoms with van der Waals surface area (Å²) in [5.41, 5.74) is 1.36. The Morgan fingerprint density at radius 3 is 2.40 bits per heavy atom. The predicted molar refractivity (Wildman–Crippen MR) is 116 cm³/mol. The van der Waals surface area contributed by atoms with Crippen molar-refractivity contribution in [2.75, 3.05) is 28.2 Å². The van der Waals surface area contributed by atoms with Crippen LogP contribution in [0.5, 0.6) is 5.75 Å². The molecule has 2 aromatic carbocycles. The fraction of sp³-hybridized carbons (Fsp3) is 0.200. The van der Waals surface area contributed by atoms with Crippen LogP contribution in [-0.2, 0) is 10.0 Å². The van der Waals surface area contributed by atoms with E-state index in [2.05, 4.69) is 25.3 Å². The largest absolute Gasteiger partial charge is 0.497 e. The molecule has 0 saturated carbocycles. The third-order valence-corrected chi connectivity index (χ3v) is 5.49. The van der Waals surface area contributed by atoms with Gasteiger partial charge >= 0.3 is 0 Å². The van der Waals surface area contributed by atoms with Crippen LogP contribution in [0.3, 0.4) is 0 Å². The van der Waals surface area contributed by atoms with E-state index in [1.54, 1.807) is 62.6 Å². The first-order valence-corrected chi connectivity index (χ1v) is 10.9. The maximum Gasteiger partial charge on any atom is 0.232 e. The zero-order valence-corrected chi connectivity index (χ0v) is 17.3. The Morgan fingerprint density at radius 1 is 1.03 bits per heavy atom. The number of para-hydroxylation sites is 2. The van der Waals surface area contributed by atoms with Crippen molar-refractivity contribution >= 4 is 38.9 Å². The predicted octanol–water partition coefficient (Wildman–Crippen LogP) is 4.26. The quantitative estimate of drug-likeness (QED) is 0.465. The SMILES string of the molecule is CCCS(=O)(=O)Nc1ccccc1Nc1nc(Nc2ccc(OC)cc2)ncc1F. The van der Waals surface area contributed by atoms with Crippen molar-refractivity contribution in [1.29, 1.82) is 0 Å². The van der Waals surface area contributed by atoms with E-state index in [0.717, 1.165) is 6.20 Å². The lowest BCUT2D eigenvalue weighted by Crippen LogP contribution is -2.17. The van der Waals surface area contributed by atoms with Crippen LogP contribution in [-0.4, -0.2) is 31.2 Å². The first-order chi connectivity index (χ1) is 14.4. The third-order valence-electron chi connectivity index (χ3n) is 4.01. The molecule has 0 spiro atoms. The molecule has 0 atom stereocenters. The van der Waals surface area contributed by atoms with Crippen LogP contribution in [0.25, 0.3) is 0 Å². The Hall–Kier alpha value is -3.40. The van der Waals surface area contributed by atoms with Gasteiger partial charge in [0.15, 0.2) is 11.6 Å². The minimum absolute atomic E-state index is 0.0148. The minimum atomic E-state index is -3.50. The van der Waals surface area contributed by atoms with Gasteiger partial charge in [-0.1, -0.05) is 19.1 Å². The summed E-state index contributed by atoms with van der Waals surface area (Å²) < 4.78 is 46.2. The number of methoxy groups -OCH3 is 1. The number of anilines is 5. The van der Waals surface area contributed by atoms with Crippen molar-refractivity contribution in [3.63, 3.8) is 0 Å². The van der Waals surface area contributed by atoms with Gasteiger partial charge in [-0.25, -0.2) is 17.8 Å². The van der Waals surface area contributed by atoms with Crippen LogP contribution in [0.2, 0.25) is 0 Å². The number of hydrogen-bond acceptors (Lipinski definition) is 7. The van der Waals surface area contributed by atoms with Gasteiger partial charge in [0.05, 0.1) is 30.4 Å². The van der Waals surface area contributed by atoms with Gasteiger partial charge in [0.2, 0.25) is 16.0 Å². The van der Waals surface area contributed by atoms with Gasteiger partial charge in [0, 0.05) is 5.69 Å².